The normalized spacial score (nSPS) is 27.0. The van der Waals surface area contributed by atoms with Gasteiger partial charge in [0.2, 0.25) is 10.0 Å². The summed E-state index contributed by atoms with van der Waals surface area (Å²) in [5.74, 6) is 0. The molecule has 6 nitrogen and oxygen atoms in total. The van der Waals surface area contributed by atoms with Gasteiger partial charge in [0.15, 0.2) is 0 Å². The summed E-state index contributed by atoms with van der Waals surface area (Å²) in [6.45, 7) is 4.04. The number of nitrogens with zero attached hydrogens (tertiary/aromatic N) is 2. The van der Waals surface area contributed by atoms with Crippen LogP contribution >= 0.6 is 0 Å². The third-order valence-electron chi connectivity index (χ3n) is 4.18. The summed E-state index contributed by atoms with van der Waals surface area (Å²) in [4.78, 5) is 2.69. The van der Waals surface area contributed by atoms with Crippen molar-refractivity contribution in [2.45, 2.75) is 23.5 Å². The van der Waals surface area contributed by atoms with Crippen LogP contribution in [0.5, 0.6) is 0 Å². The van der Waals surface area contributed by atoms with Crippen molar-refractivity contribution in [3.63, 3.8) is 0 Å². The highest BCUT2D eigenvalue weighted by molar-refractivity contribution is 7.89. The van der Waals surface area contributed by atoms with Gasteiger partial charge in [-0.05, 0) is 31.6 Å². The van der Waals surface area contributed by atoms with Gasteiger partial charge in [-0.1, -0.05) is 18.2 Å². The van der Waals surface area contributed by atoms with Gasteiger partial charge < -0.3 is 10.5 Å². The second-order valence-electron chi connectivity index (χ2n) is 5.92. The lowest BCUT2D eigenvalue weighted by atomic mass is 10.1. The molecule has 2 N–H and O–H groups in total. The molecule has 2 heterocycles. The third kappa shape index (κ3) is 3.33. The number of sulfonamides is 1. The first kappa shape index (κ1) is 15.9. The van der Waals surface area contributed by atoms with Crippen LogP contribution in [0.1, 0.15) is 6.42 Å². The molecule has 1 aromatic carbocycles. The van der Waals surface area contributed by atoms with Crippen LogP contribution in [0.25, 0.3) is 0 Å². The highest BCUT2D eigenvalue weighted by Gasteiger charge is 2.39. The van der Waals surface area contributed by atoms with Gasteiger partial charge in [0, 0.05) is 26.2 Å². The Morgan fingerprint density at radius 2 is 1.73 bits per heavy atom. The van der Waals surface area contributed by atoms with Crippen molar-refractivity contribution < 1.29 is 13.2 Å². The Labute approximate surface area is 131 Å². The Morgan fingerprint density at radius 3 is 2.32 bits per heavy atom. The highest BCUT2D eigenvalue weighted by Crippen LogP contribution is 2.24. The average molecular weight is 325 g/mol. The molecule has 2 bridgehead atoms. The van der Waals surface area contributed by atoms with Crippen molar-refractivity contribution in [3.8, 4) is 0 Å². The van der Waals surface area contributed by atoms with Crippen LogP contribution < -0.4 is 5.73 Å². The van der Waals surface area contributed by atoms with Gasteiger partial charge in [-0.15, -0.1) is 0 Å². The van der Waals surface area contributed by atoms with E-state index in [1.54, 1.807) is 28.6 Å². The first-order chi connectivity index (χ1) is 10.6. The monoisotopic (exact) mass is 325 g/mol. The predicted octanol–water partition coefficient (Wildman–Crippen LogP) is 0.109. The van der Waals surface area contributed by atoms with Crippen molar-refractivity contribution in [2.24, 2.45) is 5.73 Å². The smallest absolute Gasteiger partial charge is 0.243 e. The molecule has 2 saturated heterocycles. The largest absolute Gasteiger partial charge is 0.370 e. The van der Waals surface area contributed by atoms with Gasteiger partial charge in [0.05, 0.1) is 17.1 Å². The van der Waals surface area contributed by atoms with Crippen LogP contribution in [0.15, 0.2) is 35.2 Å². The molecule has 1 aromatic rings. The summed E-state index contributed by atoms with van der Waals surface area (Å²) in [5.41, 5.74) is 5.56. The van der Waals surface area contributed by atoms with E-state index in [9.17, 15) is 8.42 Å². The van der Waals surface area contributed by atoms with Gasteiger partial charge >= 0.3 is 0 Å². The van der Waals surface area contributed by atoms with Crippen LogP contribution in [0, 0.1) is 0 Å². The van der Waals surface area contributed by atoms with E-state index < -0.39 is 10.0 Å². The Kier molecular flexibility index (Phi) is 4.79. The van der Waals surface area contributed by atoms with Crippen molar-refractivity contribution in [3.05, 3.63) is 30.3 Å². The van der Waals surface area contributed by atoms with E-state index in [0.717, 1.165) is 26.1 Å². The summed E-state index contributed by atoms with van der Waals surface area (Å²) in [6.07, 6.45) is 0.860. The SMILES string of the molecule is NCCCN1CC2CN(S(=O)(=O)c3ccccc3)CC(C1)O2. The maximum atomic E-state index is 12.7. The van der Waals surface area contributed by atoms with Crippen molar-refractivity contribution in [1.29, 1.82) is 0 Å². The van der Waals surface area contributed by atoms with E-state index in [2.05, 4.69) is 4.90 Å². The average Bonchev–Trinajstić information content (AvgIpc) is 2.53. The Morgan fingerprint density at radius 1 is 1.09 bits per heavy atom. The number of rotatable bonds is 5. The zero-order valence-electron chi connectivity index (χ0n) is 12.6. The van der Waals surface area contributed by atoms with E-state index in [-0.39, 0.29) is 12.2 Å². The number of hydrogen-bond acceptors (Lipinski definition) is 5. The lowest BCUT2D eigenvalue weighted by molar-refractivity contribution is -0.122. The summed E-state index contributed by atoms with van der Waals surface area (Å²) in [6, 6.07) is 8.62. The number of nitrogens with two attached hydrogens (primary N) is 1. The minimum Gasteiger partial charge on any atom is -0.370 e. The summed E-state index contributed by atoms with van der Waals surface area (Å²) in [5, 5.41) is 0. The van der Waals surface area contributed by atoms with E-state index >= 15 is 0 Å². The standard InChI is InChI=1S/C15H23N3O3S/c16-7-4-8-17-9-13-11-18(12-14(10-17)21-13)22(19,20)15-5-2-1-3-6-15/h1-3,5-6,13-14H,4,7-12,16H2. The molecule has 3 rings (SSSR count). The number of benzene rings is 1. The third-order valence-corrected chi connectivity index (χ3v) is 6.03. The number of fused-ring (bicyclic) bond motifs is 2. The molecule has 2 fully saturated rings. The minimum absolute atomic E-state index is 0.0521. The number of ether oxygens (including phenoxy) is 1. The zero-order chi connectivity index (χ0) is 15.6. The van der Waals surface area contributed by atoms with Crippen LogP contribution in [0.3, 0.4) is 0 Å². The number of morpholine rings is 2. The summed E-state index contributed by atoms with van der Waals surface area (Å²) >= 11 is 0. The van der Waals surface area contributed by atoms with Crippen LogP contribution in [0.4, 0.5) is 0 Å². The van der Waals surface area contributed by atoms with Crippen molar-refractivity contribution in [2.75, 3.05) is 39.3 Å². The van der Waals surface area contributed by atoms with Crippen molar-refractivity contribution >= 4 is 10.0 Å². The molecule has 0 radical (unpaired) electrons. The Balaban J connectivity index is 1.70. The molecule has 22 heavy (non-hydrogen) atoms. The zero-order valence-corrected chi connectivity index (χ0v) is 13.4. The Hall–Kier alpha value is -0.990. The molecule has 2 aliphatic heterocycles. The molecule has 122 valence electrons. The molecule has 0 amide bonds. The Bertz CT molecular complexity index is 579. The quantitative estimate of drug-likeness (QED) is 0.831. The van der Waals surface area contributed by atoms with E-state index in [1.807, 2.05) is 6.07 Å². The molecule has 7 heteroatoms. The van der Waals surface area contributed by atoms with E-state index in [1.165, 1.54) is 0 Å². The fourth-order valence-electron chi connectivity index (χ4n) is 3.17. The lowest BCUT2D eigenvalue weighted by Crippen LogP contribution is -2.60. The van der Waals surface area contributed by atoms with E-state index in [0.29, 0.717) is 24.5 Å². The highest BCUT2D eigenvalue weighted by atomic mass is 32.2. The topological polar surface area (TPSA) is 75.9 Å². The van der Waals surface area contributed by atoms with Crippen LogP contribution in [-0.4, -0.2) is 69.1 Å². The van der Waals surface area contributed by atoms with Gasteiger partial charge in [0.1, 0.15) is 0 Å². The summed E-state index contributed by atoms with van der Waals surface area (Å²) < 4.78 is 32.9. The molecule has 0 aromatic heterocycles. The van der Waals surface area contributed by atoms with Gasteiger partial charge in [-0.2, -0.15) is 4.31 Å². The predicted molar refractivity (Wildman–Crippen MR) is 84.0 cm³/mol. The van der Waals surface area contributed by atoms with Gasteiger partial charge in [0.25, 0.3) is 0 Å². The second-order valence-corrected chi connectivity index (χ2v) is 7.85. The van der Waals surface area contributed by atoms with Gasteiger partial charge in [-0.25, -0.2) is 8.42 Å². The molecular formula is C15H23N3O3S. The first-order valence-electron chi connectivity index (χ1n) is 7.72. The maximum absolute atomic E-state index is 12.7. The van der Waals surface area contributed by atoms with Crippen LogP contribution in [0.2, 0.25) is 0 Å². The molecule has 2 atom stereocenters. The lowest BCUT2D eigenvalue weighted by Gasteiger charge is -2.45. The minimum atomic E-state index is -3.42. The molecule has 0 spiro atoms. The molecule has 2 unspecified atom stereocenters. The molecular weight excluding hydrogens is 302 g/mol. The fourth-order valence-corrected chi connectivity index (χ4v) is 4.70. The molecule has 0 saturated carbocycles. The van der Waals surface area contributed by atoms with Crippen LogP contribution in [-0.2, 0) is 14.8 Å². The maximum Gasteiger partial charge on any atom is 0.243 e. The molecule has 0 aliphatic carbocycles. The second kappa shape index (κ2) is 6.64. The first-order valence-corrected chi connectivity index (χ1v) is 9.16. The summed E-state index contributed by atoms with van der Waals surface area (Å²) in [7, 11) is -3.42. The number of hydrogen-bond donors (Lipinski definition) is 1. The van der Waals surface area contributed by atoms with Crippen molar-refractivity contribution in [1.82, 2.24) is 9.21 Å². The van der Waals surface area contributed by atoms with Gasteiger partial charge in [-0.3, -0.25) is 4.90 Å². The fraction of sp³-hybridized carbons (Fsp3) is 0.600. The molecule has 2 aliphatic rings. The van der Waals surface area contributed by atoms with E-state index in [4.69, 9.17) is 10.5 Å².